The minimum absolute atomic E-state index is 0.195. The van der Waals surface area contributed by atoms with E-state index in [4.69, 9.17) is 9.47 Å². The Morgan fingerprint density at radius 1 is 0.906 bits per heavy atom. The Kier molecular flexibility index (Phi) is 15.9. The van der Waals surface area contributed by atoms with Gasteiger partial charge in [-0.2, -0.15) is 0 Å². The van der Waals surface area contributed by atoms with Crippen molar-refractivity contribution in [2.45, 2.75) is 115 Å². The van der Waals surface area contributed by atoms with Gasteiger partial charge in [0.15, 0.2) is 0 Å². The van der Waals surface area contributed by atoms with Crippen LogP contribution < -0.4 is 0 Å². The van der Waals surface area contributed by atoms with Crippen LogP contribution in [0.1, 0.15) is 91.5 Å². The fourth-order valence-electron chi connectivity index (χ4n) is 4.67. The van der Waals surface area contributed by atoms with E-state index < -0.39 is 18.4 Å². The predicted octanol–water partition coefficient (Wildman–Crippen LogP) is 8.76. The van der Waals surface area contributed by atoms with Crippen LogP contribution in [0.15, 0.2) is 42.5 Å². The third-order valence-corrected chi connectivity index (χ3v) is 23.7. The Bertz CT molecular complexity index is 575. The van der Waals surface area contributed by atoms with E-state index in [1.807, 2.05) is 0 Å². The molecule has 3 heteroatoms. The first-order valence-corrected chi connectivity index (χ1v) is 21.0. The molecule has 0 N–H and O–H groups in total. The molecule has 0 amide bonds. The fraction of sp³-hybridized carbons (Fsp3) is 0.724. The van der Waals surface area contributed by atoms with Gasteiger partial charge in [0.2, 0.25) is 0 Å². The van der Waals surface area contributed by atoms with E-state index in [9.17, 15) is 0 Å². The molecule has 0 aromatic heterocycles. The number of benzene rings is 1. The Balaban J connectivity index is 3.00. The molecule has 0 aliphatic carbocycles. The molecule has 1 atom stereocenters. The van der Waals surface area contributed by atoms with Crippen molar-refractivity contribution in [2.24, 2.45) is 0 Å². The van der Waals surface area contributed by atoms with Crippen LogP contribution in [0.25, 0.3) is 0 Å². The van der Waals surface area contributed by atoms with Crippen molar-refractivity contribution >= 4 is 18.4 Å². The zero-order chi connectivity index (χ0) is 23.7. The van der Waals surface area contributed by atoms with Crippen molar-refractivity contribution in [3.8, 4) is 0 Å². The maximum atomic E-state index is 6.87. The number of ether oxygens (including phenoxy) is 2. The van der Waals surface area contributed by atoms with Gasteiger partial charge in [0, 0.05) is 0 Å². The third-order valence-electron chi connectivity index (χ3n) is 6.95. The molecule has 0 spiro atoms. The Labute approximate surface area is 204 Å². The quantitative estimate of drug-likeness (QED) is 0.0973. The first-order valence-electron chi connectivity index (χ1n) is 13.3. The molecule has 0 aliphatic heterocycles. The number of hydrogen-bond donors (Lipinski definition) is 0. The van der Waals surface area contributed by atoms with Crippen molar-refractivity contribution in [3.63, 3.8) is 0 Å². The van der Waals surface area contributed by atoms with E-state index in [1.54, 1.807) is 7.11 Å². The SMILES string of the molecule is CCC[CH2][Sn]([CH2]CCC)([CH2]CCC)[C@H](CCc1ccccc1)OCC/C=C\C(C)(C)OC. The normalized spacial score (nSPS) is 13.7. The van der Waals surface area contributed by atoms with E-state index in [0.29, 0.717) is 4.12 Å². The number of aryl methyl sites for hydroxylation is 1. The van der Waals surface area contributed by atoms with Crippen molar-refractivity contribution in [2.75, 3.05) is 13.7 Å². The van der Waals surface area contributed by atoms with Crippen LogP contribution in [0, 0.1) is 0 Å². The summed E-state index contributed by atoms with van der Waals surface area (Å²) in [5.41, 5.74) is 1.27. The first kappa shape index (κ1) is 29.7. The summed E-state index contributed by atoms with van der Waals surface area (Å²) in [4.78, 5) is 0. The van der Waals surface area contributed by atoms with Crippen LogP contribution in [0.5, 0.6) is 0 Å². The standard InChI is InChI=1S/C17H25O2.3C4H9.Sn/c1-17(2,18-3)13-7-8-14-19-15-9-12-16-10-5-4-6-11-16;3*1-3-4-2;/h4-7,10-11,13,15H,8-9,12,14H2,1-3H3;3*1,3-4H2,2H3;/b13-7-;;;;. The van der Waals surface area contributed by atoms with E-state index in [0.717, 1.165) is 19.4 Å². The molecule has 1 rings (SSSR count). The van der Waals surface area contributed by atoms with Gasteiger partial charge in [0.05, 0.1) is 0 Å². The Morgan fingerprint density at radius 3 is 1.97 bits per heavy atom. The molecule has 32 heavy (non-hydrogen) atoms. The third kappa shape index (κ3) is 11.7. The van der Waals surface area contributed by atoms with Crippen LogP contribution in [-0.4, -0.2) is 41.8 Å². The first-order chi connectivity index (χ1) is 15.4. The average Bonchev–Trinajstić information content (AvgIpc) is 2.81. The second-order valence-corrected chi connectivity index (χ2v) is 24.0. The molecule has 0 fully saturated rings. The molecule has 0 heterocycles. The van der Waals surface area contributed by atoms with Gasteiger partial charge in [0.1, 0.15) is 0 Å². The molecule has 184 valence electrons. The van der Waals surface area contributed by atoms with E-state index in [-0.39, 0.29) is 5.60 Å². The summed E-state index contributed by atoms with van der Waals surface area (Å²) in [5, 5.41) is 0. The number of rotatable bonds is 19. The van der Waals surface area contributed by atoms with Gasteiger partial charge < -0.3 is 0 Å². The van der Waals surface area contributed by atoms with Gasteiger partial charge in [-0.1, -0.05) is 0 Å². The molecular formula is C29H52O2Sn. The molecule has 0 unspecified atom stereocenters. The van der Waals surface area contributed by atoms with Gasteiger partial charge in [-0.15, -0.1) is 0 Å². The summed E-state index contributed by atoms with van der Waals surface area (Å²) in [7, 11) is 1.78. The summed E-state index contributed by atoms with van der Waals surface area (Å²) in [6.07, 6.45) is 15.9. The van der Waals surface area contributed by atoms with Crippen molar-refractivity contribution in [1.29, 1.82) is 0 Å². The maximum absolute atomic E-state index is 6.87. The Hall–Kier alpha value is -0.321. The molecule has 0 saturated heterocycles. The zero-order valence-corrected chi connectivity index (χ0v) is 25.0. The van der Waals surface area contributed by atoms with Crippen LogP contribution >= 0.6 is 0 Å². The minimum atomic E-state index is -2.45. The van der Waals surface area contributed by atoms with Crippen LogP contribution in [0.3, 0.4) is 0 Å². The van der Waals surface area contributed by atoms with Crippen LogP contribution in [0.2, 0.25) is 13.3 Å². The summed E-state index contributed by atoms with van der Waals surface area (Å²) in [5.74, 6) is 0. The molecule has 1 aromatic rings. The van der Waals surface area contributed by atoms with Gasteiger partial charge >= 0.3 is 205 Å². The number of hydrogen-bond acceptors (Lipinski definition) is 2. The molecule has 0 aliphatic rings. The van der Waals surface area contributed by atoms with Crippen molar-refractivity contribution in [1.82, 2.24) is 0 Å². The Morgan fingerprint density at radius 2 is 1.47 bits per heavy atom. The second kappa shape index (κ2) is 17.2. The van der Waals surface area contributed by atoms with Gasteiger partial charge in [-0.25, -0.2) is 0 Å². The summed E-state index contributed by atoms with van der Waals surface area (Å²) in [6.45, 7) is 12.1. The van der Waals surface area contributed by atoms with Gasteiger partial charge in [-0.3, -0.25) is 0 Å². The second-order valence-electron chi connectivity index (χ2n) is 10.1. The van der Waals surface area contributed by atoms with E-state index in [1.165, 1.54) is 63.8 Å². The van der Waals surface area contributed by atoms with Crippen molar-refractivity contribution < 1.29 is 9.47 Å². The summed E-state index contributed by atoms with van der Waals surface area (Å²) in [6, 6.07) is 11.0. The molecule has 0 bridgehead atoms. The monoisotopic (exact) mass is 552 g/mol. The molecule has 0 radical (unpaired) electrons. The summed E-state index contributed by atoms with van der Waals surface area (Å²) < 4.78 is 17.5. The molecule has 0 saturated carbocycles. The topological polar surface area (TPSA) is 18.5 Å². The number of methoxy groups -OCH3 is 1. The van der Waals surface area contributed by atoms with Crippen LogP contribution in [-0.2, 0) is 15.9 Å². The predicted molar refractivity (Wildman–Crippen MR) is 144 cm³/mol. The zero-order valence-electron chi connectivity index (χ0n) is 22.1. The average molecular weight is 551 g/mol. The molecular weight excluding hydrogens is 499 g/mol. The van der Waals surface area contributed by atoms with E-state index in [2.05, 4.69) is 77.1 Å². The van der Waals surface area contributed by atoms with E-state index >= 15 is 0 Å². The molecule has 2 nitrogen and oxygen atoms in total. The number of unbranched alkanes of at least 4 members (excludes halogenated alkanes) is 3. The summed E-state index contributed by atoms with van der Waals surface area (Å²) >= 11 is -2.45. The fourth-order valence-corrected chi connectivity index (χ4v) is 22.1. The van der Waals surface area contributed by atoms with Gasteiger partial charge in [-0.05, 0) is 0 Å². The van der Waals surface area contributed by atoms with Crippen molar-refractivity contribution in [3.05, 3.63) is 48.0 Å². The molecule has 1 aromatic carbocycles. The van der Waals surface area contributed by atoms with Gasteiger partial charge in [0.25, 0.3) is 0 Å². The van der Waals surface area contributed by atoms with Crippen LogP contribution in [0.4, 0.5) is 0 Å².